The highest BCUT2D eigenvalue weighted by Crippen LogP contribution is 2.72. The molecule has 2 nitrogen and oxygen atoms in total. The quantitative estimate of drug-likeness (QED) is 0.560. The molecule has 0 aromatic carbocycles. The number of methoxy groups -OCH3 is 1. The summed E-state index contributed by atoms with van der Waals surface area (Å²) in [5.74, 6) is 2.93. The molecule has 0 radical (unpaired) electrons. The molecule has 1 saturated heterocycles. The van der Waals surface area contributed by atoms with Crippen molar-refractivity contribution in [3.8, 4) is 0 Å². The highest BCUT2D eigenvalue weighted by molar-refractivity contribution is 9.12. The average molecular weight is 242 g/mol. The van der Waals surface area contributed by atoms with Crippen LogP contribution in [0, 0.1) is 0 Å². The van der Waals surface area contributed by atoms with Gasteiger partial charge in [-0.1, -0.05) is 0 Å². The van der Waals surface area contributed by atoms with Crippen LogP contribution < -0.4 is 0 Å². The molecule has 1 rings (SSSR count). The molecule has 0 aromatic rings. The number of esters is 1. The van der Waals surface area contributed by atoms with E-state index in [0.29, 0.717) is 5.75 Å². The Balaban J connectivity index is 2.09. The lowest BCUT2D eigenvalue weighted by Gasteiger charge is -2.18. The van der Waals surface area contributed by atoms with E-state index in [9.17, 15) is 4.79 Å². The van der Waals surface area contributed by atoms with Crippen LogP contribution >= 0.6 is 39.7 Å². The summed E-state index contributed by atoms with van der Waals surface area (Å²) in [5, 5.41) is 0. The summed E-state index contributed by atoms with van der Waals surface area (Å²) in [5.41, 5.74) is -0.0608. The highest BCUT2D eigenvalue weighted by atomic mass is 33.4. The van der Waals surface area contributed by atoms with Gasteiger partial charge in [0.2, 0.25) is 0 Å². The van der Waals surface area contributed by atoms with Crippen LogP contribution in [0.1, 0.15) is 6.42 Å². The Kier molecular flexibility index (Phi) is 5.89. The summed E-state index contributed by atoms with van der Waals surface area (Å²) < 4.78 is 4.57. The minimum absolute atomic E-state index is 0.0608. The summed E-state index contributed by atoms with van der Waals surface area (Å²) in [7, 11) is 1.44. The van der Waals surface area contributed by atoms with E-state index in [1.807, 2.05) is 22.8 Å². The van der Waals surface area contributed by atoms with Crippen LogP contribution in [0.15, 0.2) is 0 Å². The molecular formula is C6H11O2PS3. The van der Waals surface area contributed by atoms with E-state index in [1.54, 1.807) is 11.4 Å². The van der Waals surface area contributed by atoms with Crippen LogP contribution in [0.3, 0.4) is 0 Å². The Morgan fingerprint density at radius 2 is 2.25 bits per heavy atom. The zero-order valence-electron chi connectivity index (χ0n) is 6.82. The van der Waals surface area contributed by atoms with Crippen LogP contribution in [0.4, 0.5) is 0 Å². The van der Waals surface area contributed by atoms with E-state index in [1.165, 1.54) is 25.0 Å². The predicted octanol–water partition coefficient (Wildman–Crippen LogP) is 2.99. The molecule has 6 heteroatoms. The molecule has 1 heterocycles. The molecule has 70 valence electrons. The second-order valence-corrected chi connectivity index (χ2v) is 12.1. The van der Waals surface area contributed by atoms with Crippen LogP contribution in [-0.4, -0.2) is 30.3 Å². The second kappa shape index (κ2) is 6.41. The van der Waals surface area contributed by atoms with Gasteiger partial charge in [0.05, 0.1) is 18.4 Å². The predicted molar refractivity (Wildman–Crippen MR) is 60.9 cm³/mol. The van der Waals surface area contributed by atoms with Crippen LogP contribution in [0.2, 0.25) is 0 Å². The first-order valence-electron chi connectivity index (χ1n) is 3.58. The first kappa shape index (κ1) is 11.0. The molecule has 0 atom stereocenters. The molecule has 1 aliphatic rings. The summed E-state index contributed by atoms with van der Waals surface area (Å²) in [6.45, 7) is 0. The SMILES string of the molecule is COC(=O)CSP1SCCCS1. The molecule has 0 aliphatic carbocycles. The van der Waals surface area contributed by atoms with Gasteiger partial charge in [-0.15, -0.1) is 34.1 Å². The standard InChI is InChI=1S/C6H11O2PS3/c1-8-6(7)5-12-9-10-3-2-4-11-9/h2-5H2,1H3. The Labute approximate surface area is 85.9 Å². The lowest BCUT2D eigenvalue weighted by atomic mass is 10.6. The zero-order valence-corrected chi connectivity index (χ0v) is 10.2. The maximum absolute atomic E-state index is 10.8. The highest BCUT2D eigenvalue weighted by Gasteiger charge is 2.16. The Morgan fingerprint density at radius 1 is 1.58 bits per heavy atom. The first-order valence-corrected chi connectivity index (χ1v) is 9.70. The minimum Gasteiger partial charge on any atom is -0.468 e. The lowest BCUT2D eigenvalue weighted by molar-refractivity contribution is -0.137. The van der Waals surface area contributed by atoms with E-state index < -0.39 is 0 Å². The summed E-state index contributed by atoms with van der Waals surface area (Å²) in [6.07, 6.45) is 1.31. The number of ether oxygens (including phenoxy) is 1. The Bertz CT molecular complexity index is 150. The van der Waals surface area contributed by atoms with Gasteiger partial charge >= 0.3 is 5.97 Å². The van der Waals surface area contributed by atoms with Gasteiger partial charge < -0.3 is 4.74 Å². The van der Waals surface area contributed by atoms with Gasteiger partial charge in [0, 0.05) is 0 Å². The van der Waals surface area contributed by atoms with E-state index in [0.717, 1.165) is 0 Å². The monoisotopic (exact) mass is 242 g/mol. The molecule has 0 aromatic heterocycles. The number of hydrogen-bond donors (Lipinski definition) is 0. The number of carbonyl (C=O) groups excluding carboxylic acids is 1. The van der Waals surface area contributed by atoms with Crippen molar-refractivity contribution in [1.82, 2.24) is 0 Å². The minimum atomic E-state index is -0.103. The summed E-state index contributed by atoms with van der Waals surface area (Å²) >= 11 is 5.74. The maximum Gasteiger partial charge on any atom is 0.316 e. The molecule has 0 N–H and O–H groups in total. The zero-order chi connectivity index (χ0) is 8.81. The van der Waals surface area contributed by atoms with Crippen molar-refractivity contribution in [1.29, 1.82) is 0 Å². The fourth-order valence-electron chi connectivity index (χ4n) is 0.613. The van der Waals surface area contributed by atoms with Gasteiger partial charge in [-0.25, -0.2) is 0 Å². The van der Waals surface area contributed by atoms with Crippen LogP contribution in [0.25, 0.3) is 0 Å². The molecule has 12 heavy (non-hydrogen) atoms. The molecular weight excluding hydrogens is 231 g/mol. The molecule has 0 saturated carbocycles. The lowest BCUT2D eigenvalue weighted by Crippen LogP contribution is -2.02. The molecule has 1 fully saturated rings. The molecule has 0 amide bonds. The number of rotatable bonds is 3. The molecule has 0 bridgehead atoms. The third-order valence-corrected chi connectivity index (χ3v) is 12.2. The topological polar surface area (TPSA) is 26.3 Å². The second-order valence-electron chi connectivity index (χ2n) is 2.09. The van der Waals surface area contributed by atoms with Crippen molar-refractivity contribution in [3.05, 3.63) is 0 Å². The van der Waals surface area contributed by atoms with E-state index >= 15 is 0 Å². The fraction of sp³-hybridized carbons (Fsp3) is 0.833. The van der Waals surface area contributed by atoms with Crippen molar-refractivity contribution in [2.24, 2.45) is 0 Å². The van der Waals surface area contributed by atoms with E-state index in [4.69, 9.17) is 0 Å². The smallest absolute Gasteiger partial charge is 0.316 e. The fourth-order valence-corrected chi connectivity index (χ4v) is 10.8. The van der Waals surface area contributed by atoms with Gasteiger partial charge in [-0.3, -0.25) is 4.79 Å². The summed E-state index contributed by atoms with van der Waals surface area (Å²) in [4.78, 5) is 10.8. The van der Waals surface area contributed by atoms with Gasteiger partial charge in [0.15, 0.2) is 0 Å². The van der Waals surface area contributed by atoms with Crippen molar-refractivity contribution >= 4 is 45.6 Å². The Hall–Kier alpha value is 0.950. The largest absolute Gasteiger partial charge is 0.468 e. The van der Waals surface area contributed by atoms with Crippen molar-refractivity contribution in [2.75, 3.05) is 24.4 Å². The normalized spacial score (nSPS) is 19.1. The van der Waals surface area contributed by atoms with Crippen molar-refractivity contribution < 1.29 is 9.53 Å². The third kappa shape index (κ3) is 4.26. The summed E-state index contributed by atoms with van der Waals surface area (Å²) in [6, 6.07) is 0. The van der Waals surface area contributed by atoms with Gasteiger partial charge in [0.25, 0.3) is 0 Å². The first-order chi connectivity index (χ1) is 5.83. The Morgan fingerprint density at radius 3 is 2.83 bits per heavy atom. The molecule has 0 spiro atoms. The van der Waals surface area contributed by atoms with Gasteiger partial charge in [-0.2, -0.15) is 0 Å². The number of hydrogen-bond acceptors (Lipinski definition) is 5. The van der Waals surface area contributed by atoms with Gasteiger partial charge in [-0.05, 0) is 17.9 Å². The maximum atomic E-state index is 10.8. The third-order valence-electron chi connectivity index (χ3n) is 1.20. The van der Waals surface area contributed by atoms with E-state index in [-0.39, 0.29) is 11.5 Å². The van der Waals surface area contributed by atoms with E-state index in [2.05, 4.69) is 4.74 Å². The molecule has 0 unspecified atom stereocenters. The van der Waals surface area contributed by atoms with Gasteiger partial charge in [0.1, 0.15) is 0 Å². The average Bonchev–Trinajstić information content (AvgIpc) is 2.16. The van der Waals surface area contributed by atoms with Crippen LogP contribution in [0.5, 0.6) is 0 Å². The molecule has 1 aliphatic heterocycles. The number of carbonyl (C=O) groups is 1. The van der Waals surface area contributed by atoms with Crippen LogP contribution in [-0.2, 0) is 9.53 Å². The van der Waals surface area contributed by atoms with Crippen molar-refractivity contribution in [2.45, 2.75) is 6.42 Å². The van der Waals surface area contributed by atoms with Crippen molar-refractivity contribution in [3.63, 3.8) is 0 Å².